The van der Waals surface area contributed by atoms with Gasteiger partial charge in [-0.2, -0.15) is 0 Å². The highest BCUT2D eigenvalue weighted by atomic mass is 16.4. The van der Waals surface area contributed by atoms with E-state index in [1.54, 1.807) is 4.90 Å². The maximum atomic E-state index is 12.4. The van der Waals surface area contributed by atoms with Crippen LogP contribution in [0.15, 0.2) is 24.3 Å². The van der Waals surface area contributed by atoms with Gasteiger partial charge in [0.05, 0.1) is 6.42 Å². The van der Waals surface area contributed by atoms with E-state index < -0.39 is 11.4 Å². The summed E-state index contributed by atoms with van der Waals surface area (Å²) in [6.07, 6.45) is -0.0340. The molecule has 1 aromatic carbocycles. The van der Waals surface area contributed by atoms with E-state index >= 15 is 0 Å². The van der Waals surface area contributed by atoms with Crippen LogP contribution in [0.2, 0.25) is 0 Å². The van der Waals surface area contributed by atoms with Crippen molar-refractivity contribution in [3.8, 4) is 0 Å². The van der Waals surface area contributed by atoms with Crippen molar-refractivity contribution in [1.29, 1.82) is 0 Å². The maximum absolute atomic E-state index is 12.4. The molecule has 4 nitrogen and oxygen atoms in total. The van der Waals surface area contributed by atoms with E-state index in [0.29, 0.717) is 6.54 Å². The molecule has 1 aromatic rings. The van der Waals surface area contributed by atoms with E-state index in [1.807, 2.05) is 52.0 Å². The van der Waals surface area contributed by atoms with Gasteiger partial charge in [-0.3, -0.25) is 9.59 Å². The van der Waals surface area contributed by atoms with Crippen LogP contribution in [0, 0.1) is 12.3 Å². The minimum Gasteiger partial charge on any atom is -0.481 e. The minimum atomic E-state index is -0.888. The molecular weight excluding hydrogens is 254 g/mol. The molecule has 1 amide bonds. The molecule has 1 N–H and O–H groups in total. The zero-order valence-electron chi connectivity index (χ0n) is 12.6. The molecule has 0 unspecified atom stereocenters. The first-order valence-electron chi connectivity index (χ1n) is 6.77. The van der Waals surface area contributed by atoms with Crippen LogP contribution in [0.5, 0.6) is 0 Å². The molecule has 0 fully saturated rings. The molecule has 0 atom stereocenters. The lowest BCUT2D eigenvalue weighted by Crippen LogP contribution is -2.40. The first-order valence-corrected chi connectivity index (χ1v) is 6.77. The Morgan fingerprint density at radius 3 is 2.15 bits per heavy atom. The molecule has 0 aromatic heterocycles. The van der Waals surface area contributed by atoms with Gasteiger partial charge in [0.1, 0.15) is 0 Å². The second kappa shape index (κ2) is 6.55. The summed E-state index contributed by atoms with van der Waals surface area (Å²) in [5.74, 6) is -0.917. The highest BCUT2D eigenvalue weighted by molar-refractivity contribution is 5.82. The van der Waals surface area contributed by atoms with Gasteiger partial charge in [-0.25, -0.2) is 0 Å². The fourth-order valence-electron chi connectivity index (χ4n) is 1.87. The number of carboxylic acids is 1. The Kier molecular flexibility index (Phi) is 5.31. The van der Waals surface area contributed by atoms with Gasteiger partial charge in [0, 0.05) is 18.5 Å². The van der Waals surface area contributed by atoms with Gasteiger partial charge in [-0.15, -0.1) is 0 Å². The molecule has 1 rings (SSSR count). The number of hydrogen-bond acceptors (Lipinski definition) is 2. The second-order valence-electron chi connectivity index (χ2n) is 6.11. The van der Waals surface area contributed by atoms with Crippen LogP contribution in [-0.2, 0) is 16.1 Å². The van der Waals surface area contributed by atoms with E-state index in [9.17, 15) is 9.59 Å². The van der Waals surface area contributed by atoms with Gasteiger partial charge in [-0.1, -0.05) is 50.6 Å². The Bertz CT molecular complexity index is 471. The van der Waals surface area contributed by atoms with Gasteiger partial charge < -0.3 is 10.0 Å². The molecule has 0 aliphatic heterocycles. The third kappa shape index (κ3) is 5.03. The highest BCUT2D eigenvalue weighted by Crippen LogP contribution is 2.19. The van der Waals surface area contributed by atoms with Crippen LogP contribution in [0.1, 0.15) is 38.3 Å². The van der Waals surface area contributed by atoms with E-state index in [1.165, 1.54) is 0 Å². The second-order valence-corrected chi connectivity index (χ2v) is 6.11. The predicted molar refractivity (Wildman–Crippen MR) is 78.3 cm³/mol. The van der Waals surface area contributed by atoms with Crippen LogP contribution >= 0.6 is 0 Å². The molecule has 0 heterocycles. The first-order chi connectivity index (χ1) is 9.20. The molecular formula is C16H23NO3. The smallest absolute Gasteiger partial charge is 0.305 e. The van der Waals surface area contributed by atoms with Gasteiger partial charge >= 0.3 is 5.97 Å². The normalized spacial score (nSPS) is 11.2. The standard InChI is InChI=1S/C16H23NO3/c1-12-5-7-13(8-6-12)11-17(10-9-14(18)19)15(20)16(2,3)4/h5-8H,9-11H2,1-4H3,(H,18,19). The highest BCUT2D eigenvalue weighted by Gasteiger charge is 2.27. The number of carbonyl (C=O) groups excluding carboxylic acids is 1. The monoisotopic (exact) mass is 277 g/mol. The Morgan fingerprint density at radius 1 is 1.15 bits per heavy atom. The summed E-state index contributed by atoms with van der Waals surface area (Å²) in [7, 11) is 0. The molecule has 0 aliphatic carbocycles. The fraction of sp³-hybridized carbons (Fsp3) is 0.500. The van der Waals surface area contributed by atoms with Crippen molar-refractivity contribution in [1.82, 2.24) is 4.90 Å². The molecule has 0 saturated heterocycles. The third-order valence-electron chi connectivity index (χ3n) is 3.02. The number of aliphatic carboxylic acids is 1. The summed E-state index contributed by atoms with van der Waals surface area (Å²) in [5.41, 5.74) is 1.66. The topological polar surface area (TPSA) is 57.6 Å². The van der Waals surface area contributed by atoms with Gasteiger partial charge in [0.2, 0.25) is 5.91 Å². The molecule has 0 radical (unpaired) electrons. The molecule has 0 spiro atoms. The quantitative estimate of drug-likeness (QED) is 0.900. The number of carbonyl (C=O) groups is 2. The Labute approximate surface area is 120 Å². The fourth-order valence-corrected chi connectivity index (χ4v) is 1.87. The van der Waals surface area contributed by atoms with Gasteiger partial charge in [0.25, 0.3) is 0 Å². The van der Waals surface area contributed by atoms with Crippen LogP contribution in [-0.4, -0.2) is 28.4 Å². The summed E-state index contributed by atoms with van der Waals surface area (Å²) >= 11 is 0. The average Bonchev–Trinajstić information content (AvgIpc) is 2.34. The van der Waals surface area contributed by atoms with Crippen LogP contribution in [0.3, 0.4) is 0 Å². The number of hydrogen-bond donors (Lipinski definition) is 1. The Morgan fingerprint density at radius 2 is 1.70 bits per heavy atom. The van der Waals surface area contributed by atoms with Crippen molar-refractivity contribution < 1.29 is 14.7 Å². The zero-order valence-corrected chi connectivity index (χ0v) is 12.6. The van der Waals surface area contributed by atoms with Crippen LogP contribution < -0.4 is 0 Å². The Hall–Kier alpha value is -1.84. The molecule has 0 aliphatic rings. The third-order valence-corrected chi connectivity index (χ3v) is 3.02. The maximum Gasteiger partial charge on any atom is 0.305 e. The van der Waals surface area contributed by atoms with Crippen molar-refractivity contribution in [2.24, 2.45) is 5.41 Å². The molecule has 0 saturated carbocycles. The SMILES string of the molecule is Cc1ccc(CN(CCC(=O)O)C(=O)C(C)(C)C)cc1. The summed E-state index contributed by atoms with van der Waals surface area (Å²) < 4.78 is 0. The molecule has 4 heteroatoms. The van der Waals surface area contributed by atoms with E-state index in [0.717, 1.165) is 11.1 Å². The molecule has 110 valence electrons. The minimum absolute atomic E-state index is 0.0284. The first kappa shape index (κ1) is 16.2. The summed E-state index contributed by atoms with van der Waals surface area (Å²) in [4.78, 5) is 24.7. The average molecular weight is 277 g/mol. The number of nitrogens with zero attached hydrogens (tertiary/aromatic N) is 1. The lowest BCUT2D eigenvalue weighted by Gasteiger charge is -2.29. The number of amides is 1. The van der Waals surface area contributed by atoms with Crippen LogP contribution in [0.4, 0.5) is 0 Å². The lowest BCUT2D eigenvalue weighted by atomic mass is 9.94. The van der Waals surface area contributed by atoms with Crippen molar-refractivity contribution in [2.45, 2.75) is 40.7 Å². The van der Waals surface area contributed by atoms with Crippen molar-refractivity contribution in [3.05, 3.63) is 35.4 Å². The van der Waals surface area contributed by atoms with Crippen LogP contribution in [0.25, 0.3) is 0 Å². The number of aryl methyl sites for hydroxylation is 1. The lowest BCUT2D eigenvalue weighted by molar-refractivity contribution is -0.142. The van der Waals surface area contributed by atoms with Gasteiger partial charge in [-0.05, 0) is 12.5 Å². The van der Waals surface area contributed by atoms with Crippen molar-refractivity contribution in [3.63, 3.8) is 0 Å². The number of benzene rings is 1. The summed E-state index contributed by atoms with van der Waals surface area (Å²) in [6, 6.07) is 7.93. The number of carboxylic acid groups (broad SMARTS) is 1. The summed E-state index contributed by atoms with van der Waals surface area (Å²) in [6.45, 7) is 8.23. The predicted octanol–water partition coefficient (Wildman–Crippen LogP) is 2.84. The summed E-state index contributed by atoms with van der Waals surface area (Å²) in [5, 5.41) is 8.81. The van der Waals surface area contributed by atoms with E-state index in [2.05, 4.69) is 0 Å². The molecule has 20 heavy (non-hydrogen) atoms. The van der Waals surface area contributed by atoms with Crippen molar-refractivity contribution >= 4 is 11.9 Å². The van der Waals surface area contributed by atoms with E-state index in [4.69, 9.17) is 5.11 Å². The van der Waals surface area contributed by atoms with Crippen molar-refractivity contribution in [2.75, 3.05) is 6.54 Å². The zero-order chi connectivity index (χ0) is 15.3. The molecule has 0 bridgehead atoms. The number of rotatable bonds is 5. The Balaban J connectivity index is 2.84. The van der Waals surface area contributed by atoms with E-state index in [-0.39, 0.29) is 18.9 Å². The van der Waals surface area contributed by atoms with Gasteiger partial charge in [0.15, 0.2) is 0 Å². The largest absolute Gasteiger partial charge is 0.481 e.